The zero-order chi connectivity index (χ0) is 14.8. The number of esters is 2. The van der Waals surface area contributed by atoms with Gasteiger partial charge >= 0.3 is 11.9 Å². The molecule has 20 heavy (non-hydrogen) atoms. The van der Waals surface area contributed by atoms with Gasteiger partial charge in [0.1, 0.15) is 11.5 Å². The Kier molecular flexibility index (Phi) is 6.95. The second kappa shape index (κ2) is 8.79. The fourth-order valence-electron chi connectivity index (χ4n) is 1.36. The average Bonchev–Trinajstić information content (AvgIpc) is 2.47. The largest absolute Gasteiger partial charge is 0.493 e. The van der Waals surface area contributed by atoms with E-state index in [1.165, 1.54) is 14.2 Å². The maximum absolute atomic E-state index is 10.9. The molecule has 0 aliphatic carbocycles. The van der Waals surface area contributed by atoms with Gasteiger partial charge in [-0.05, 0) is 12.1 Å². The SMILES string of the molecule is COC(=O)CCOc1cccc(OCCC(=O)OC)c1. The molecule has 6 heteroatoms. The van der Waals surface area contributed by atoms with Gasteiger partial charge in [-0.15, -0.1) is 0 Å². The third-order valence-corrected chi connectivity index (χ3v) is 2.41. The summed E-state index contributed by atoms with van der Waals surface area (Å²) < 4.78 is 19.8. The molecule has 0 bridgehead atoms. The summed E-state index contributed by atoms with van der Waals surface area (Å²) in [5.41, 5.74) is 0. The van der Waals surface area contributed by atoms with Crippen LogP contribution in [0.4, 0.5) is 0 Å². The van der Waals surface area contributed by atoms with Crippen molar-refractivity contribution in [2.45, 2.75) is 12.8 Å². The van der Waals surface area contributed by atoms with Crippen molar-refractivity contribution >= 4 is 11.9 Å². The van der Waals surface area contributed by atoms with Crippen LogP contribution in [0, 0.1) is 0 Å². The van der Waals surface area contributed by atoms with Gasteiger partial charge in [0.05, 0.1) is 40.3 Å². The smallest absolute Gasteiger partial charge is 0.308 e. The maximum Gasteiger partial charge on any atom is 0.308 e. The second-order valence-corrected chi connectivity index (χ2v) is 3.82. The Morgan fingerprint density at radius 3 is 1.75 bits per heavy atom. The number of hydrogen-bond donors (Lipinski definition) is 0. The Morgan fingerprint density at radius 2 is 1.35 bits per heavy atom. The van der Waals surface area contributed by atoms with Gasteiger partial charge in [-0.1, -0.05) is 6.07 Å². The number of rotatable bonds is 8. The van der Waals surface area contributed by atoms with Crippen LogP contribution in [-0.4, -0.2) is 39.4 Å². The van der Waals surface area contributed by atoms with Crippen LogP contribution in [0.1, 0.15) is 12.8 Å². The van der Waals surface area contributed by atoms with Crippen molar-refractivity contribution in [3.05, 3.63) is 24.3 Å². The minimum atomic E-state index is -0.324. The molecule has 0 heterocycles. The Balaban J connectivity index is 2.37. The van der Waals surface area contributed by atoms with Crippen molar-refractivity contribution < 1.29 is 28.5 Å². The zero-order valence-electron chi connectivity index (χ0n) is 11.6. The van der Waals surface area contributed by atoms with E-state index in [-0.39, 0.29) is 38.0 Å². The first kappa shape index (κ1) is 15.8. The van der Waals surface area contributed by atoms with E-state index in [1.54, 1.807) is 24.3 Å². The molecule has 1 aromatic rings. The van der Waals surface area contributed by atoms with Gasteiger partial charge in [-0.25, -0.2) is 0 Å². The first-order valence-corrected chi connectivity index (χ1v) is 6.15. The average molecular weight is 282 g/mol. The molecule has 0 radical (unpaired) electrons. The highest BCUT2D eigenvalue weighted by Crippen LogP contribution is 2.19. The molecular weight excluding hydrogens is 264 g/mol. The topological polar surface area (TPSA) is 71.1 Å². The molecule has 0 spiro atoms. The quantitative estimate of drug-likeness (QED) is 0.674. The van der Waals surface area contributed by atoms with Crippen LogP contribution in [-0.2, 0) is 19.1 Å². The number of carbonyl (C=O) groups excluding carboxylic acids is 2. The van der Waals surface area contributed by atoms with Crippen LogP contribution in [0.2, 0.25) is 0 Å². The summed E-state index contributed by atoms with van der Waals surface area (Å²) in [6.45, 7) is 0.469. The molecule has 0 aromatic heterocycles. The minimum absolute atomic E-state index is 0.184. The molecule has 0 saturated carbocycles. The molecule has 0 aliphatic rings. The molecular formula is C14H18O6. The highest BCUT2D eigenvalue weighted by atomic mass is 16.5. The molecule has 0 saturated heterocycles. The van der Waals surface area contributed by atoms with E-state index in [0.29, 0.717) is 11.5 Å². The minimum Gasteiger partial charge on any atom is -0.493 e. The number of methoxy groups -OCH3 is 2. The van der Waals surface area contributed by atoms with E-state index in [1.807, 2.05) is 0 Å². The van der Waals surface area contributed by atoms with E-state index >= 15 is 0 Å². The molecule has 0 amide bonds. The fourth-order valence-corrected chi connectivity index (χ4v) is 1.36. The van der Waals surface area contributed by atoms with E-state index in [4.69, 9.17) is 9.47 Å². The van der Waals surface area contributed by atoms with E-state index < -0.39 is 0 Å². The summed E-state index contributed by atoms with van der Waals surface area (Å²) in [5, 5.41) is 0. The predicted molar refractivity (Wildman–Crippen MR) is 70.7 cm³/mol. The molecule has 1 aromatic carbocycles. The molecule has 110 valence electrons. The summed E-state index contributed by atoms with van der Waals surface area (Å²) in [6, 6.07) is 6.96. The van der Waals surface area contributed by atoms with Crippen LogP contribution in [0.15, 0.2) is 24.3 Å². The maximum atomic E-state index is 10.9. The monoisotopic (exact) mass is 282 g/mol. The van der Waals surface area contributed by atoms with E-state index in [0.717, 1.165) is 0 Å². The van der Waals surface area contributed by atoms with Crippen LogP contribution < -0.4 is 9.47 Å². The normalized spacial score (nSPS) is 9.70. The molecule has 0 fully saturated rings. The summed E-state index contributed by atoms with van der Waals surface area (Å²) in [4.78, 5) is 21.9. The second-order valence-electron chi connectivity index (χ2n) is 3.82. The van der Waals surface area contributed by atoms with Crippen LogP contribution in [0.25, 0.3) is 0 Å². The lowest BCUT2D eigenvalue weighted by Crippen LogP contribution is -2.08. The molecule has 6 nitrogen and oxygen atoms in total. The van der Waals surface area contributed by atoms with Gasteiger partial charge < -0.3 is 18.9 Å². The van der Waals surface area contributed by atoms with Gasteiger partial charge in [0.2, 0.25) is 0 Å². The van der Waals surface area contributed by atoms with Gasteiger partial charge in [-0.2, -0.15) is 0 Å². The molecule has 0 unspecified atom stereocenters. The first-order chi connectivity index (χ1) is 9.65. The molecule has 0 aliphatic heterocycles. The molecule has 0 atom stereocenters. The third kappa shape index (κ3) is 6.08. The van der Waals surface area contributed by atoms with Crippen LogP contribution in [0.3, 0.4) is 0 Å². The number of benzene rings is 1. The molecule has 1 rings (SSSR count). The van der Waals surface area contributed by atoms with E-state index in [2.05, 4.69) is 9.47 Å². The molecule has 0 N–H and O–H groups in total. The van der Waals surface area contributed by atoms with Crippen molar-refractivity contribution in [3.63, 3.8) is 0 Å². The first-order valence-electron chi connectivity index (χ1n) is 6.15. The Morgan fingerprint density at radius 1 is 0.900 bits per heavy atom. The van der Waals surface area contributed by atoms with E-state index in [9.17, 15) is 9.59 Å². The van der Waals surface area contributed by atoms with Gasteiger partial charge in [-0.3, -0.25) is 9.59 Å². The predicted octanol–water partition coefficient (Wildman–Crippen LogP) is 1.57. The lowest BCUT2D eigenvalue weighted by Gasteiger charge is -2.08. The van der Waals surface area contributed by atoms with Gasteiger partial charge in [0.15, 0.2) is 0 Å². The van der Waals surface area contributed by atoms with Crippen molar-refractivity contribution in [1.82, 2.24) is 0 Å². The number of carbonyl (C=O) groups is 2. The van der Waals surface area contributed by atoms with Crippen molar-refractivity contribution in [3.8, 4) is 11.5 Å². The van der Waals surface area contributed by atoms with Crippen molar-refractivity contribution in [2.24, 2.45) is 0 Å². The standard InChI is InChI=1S/C14H18O6/c1-17-13(15)6-8-19-11-4-3-5-12(10-11)20-9-7-14(16)18-2/h3-5,10H,6-9H2,1-2H3. The Labute approximate surface area is 117 Å². The highest BCUT2D eigenvalue weighted by molar-refractivity contribution is 5.69. The number of hydrogen-bond acceptors (Lipinski definition) is 6. The summed E-state index contributed by atoms with van der Waals surface area (Å²) in [5.74, 6) is 0.528. The highest BCUT2D eigenvalue weighted by Gasteiger charge is 2.03. The number of ether oxygens (including phenoxy) is 4. The van der Waals surface area contributed by atoms with Crippen LogP contribution in [0.5, 0.6) is 11.5 Å². The lowest BCUT2D eigenvalue weighted by atomic mass is 10.3. The zero-order valence-corrected chi connectivity index (χ0v) is 11.6. The van der Waals surface area contributed by atoms with Crippen LogP contribution >= 0.6 is 0 Å². The lowest BCUT2D eigenvalue weighted by molar-refractivity contribution is -0.142. The van der Waals surface area contributed by atoms with Crippen molar-refractivity contribution in [1.29, 1.82) is 0 Å². The van der Waals surface area contributed by atoms with Crippen molar-refractivity contribution in [2.75, 3.05) is 27.4 Å². The third-order valence-electron chi connectivity index (χ3n) is 2.41. The Hall–Kier alpha value is -2.24. The summed E-state index contributed by atoms with van der Waals surface area (Å²) in [7, 11) is 2.66. The fraction of sp³-hybridized carbons (Fsp3) is 0.429. The summed E-state index contributed by atoms with van der Waals surface area (Å²) in [6.07, 6.45) is 0.369. The summed E-state index contributed by atoms with van der Waals surface area (Å²) >= 11 is 0. The van der Waals surface area contributed by atoms with Gasteiger partial charge in [0, 0.05) is 6.07 Å². The Bertz CT molecular complexity index is 406. The van der Waals surface area contributed by atoms with Gasteiger partial charge in [0.25, 0.3) is 0 Å².